The summed E-state index contributed by atoms with van der Waals surface area (Å²) in [5.41, 5.74) is 4.09. The van der Waals surface area contributed by atoms with Crippen molar-refractivity contribution in [3.05, 3.63) is 64.6 Å². The third-order valence-electron chi connectivity index (χ3n) is 7.81. The molecule has 1 atom stereocenters. The smallest absolute Gasteiger partial charge is 0.282 e. The molecule has 8 nitrogen and oxygen atoms in total. The molecule has 0 spiro atoms. The second-order valence-electron chi connectivity index (χ2n) is 10.4. The number of carbonyl (C=O) groups is 3. The van der Waals surface area contributed by atoms with Crippen molar-refractivity contribution in [2.75, 3.05) is 42.9 Å². The first kappa shape index (κ1) is 23.8. The van der Waals surface area contributed by atoms with Gasteiger partial charge >= 0.3 is 0 Å². The zero-order valence-electron chi connectivity index (χ0n) is 20.9. The Kier molecular flexibility index (Phi) is 5.84. The van der Waals surface area contributed by atoms with Gasteiger partial charge in [0.25, 0.3) is 5.91 Å². The van der Waals surface area contributed by atoms with Crippen molar-refractivity contribution in [2.24, 2.45) is 0 Å². The molecule has 0 radical (unpaired) electrons. The Labute approximate surface area is 219 Å². The molecule has 3 aliphatic rings. The number of fused-ring (bicyclic) bond motifs is 1. The first-order chi connectivity index (χ1) is 17.8. The Balaban J connectivity index is 1.17. The maximum Gasteiger partial charge on any atom is 0.282 e. The fraction of sp³-hybridized carbons (Fsp3) is 0.357. The molecule has 3 aromatic rings. The number of nitrogens with one attached hydrogen (secondary N) is 1. The molecule has 0 aliphatic carbocycles. The van der Waals surface area contributed by atoms with Gasteiger partial charge in [-0.25, -0.2) is 4.98 Å². The van der Waals surface area contributed by atoms with Crippen LogP contribution in [0.5, 0.6) is 0 Å². The predicted octanol–water partition coefficient (Wildman–Crippen LogP) is 3.60. The van der Waals surface area contributed by atoms with E-state index in [-0.39, 0.29) is 23.8 Å². The molecule has 1 N–H and O–H groups in total. The van der Waals surface area contributed by atoms with E-state index in [1.54, 1.807) is 6.20 Å². The van der Waals surface area contributed by atoms with Crippen molar-refractivity contribution in [1.82, 2.24) is 14.8 Å². The maximum absolute atomic E-state index is 13.1. The molecule has 1 aromatic heterocycles. The van der Waals surface area contributed by atoms with E-state index in [2.05, 4.69) is 21.3 Å². The van der Waals surface area contributed by atoms with Gasteiger partial charge in [0.15, 0.2) is 5.01 Å². The van der Waals surface area contributed by atoms with Gasteiger partial charge in [0, 0.05) is 68.1 Å². The van der Waals surface area contributed by atoms with Crippen LogP contribution in [0.25, 0.3) is 11.1 Å². The van der Waals surface area contributed by atoms with Crippen LogP contribution in [-0.2, 0) is 15.0 Å². The molecule has 3 amide bonds. The number of carbonyl (C=O) groups excluding carboxylic acids is 3. The van der Waals surface area contributed by atoms with Gasteiger partial charge in [0.1, 0.15) is 0 Å². The Hall–Kier alpha value is -3.56. The number of hydrogen-bond donors (Lipinski definition) is 1. The standard InChI is InChI=1S/C28H29N5O3S/c1-28(2)24-21(7-4-8-22(24)30-27(28)36)18-5-3-6-19(15-18)33-17-20(16-23(33)34)31-10-12-32(13-11-31)26(35)25-29-9-14-37-25/h3-9,14-15,20H,10-13,16-17H2,1-2H3,(H,30,36). The molecule has 0 saturated carbocycles. The summed E-state index contributed by atoms with van der Waals surface area (Å²) in [6.07, 6.45) is 2.13. The van der Waals surface area contributed by atoms with Gasteiger partial charge in [-0.2, -0.15) is 0 Å². The van der Waals surface area contributed by atoms with E-state index < -0.39 is 5.41 Å². The fourth-order valence-corrected chi connectivity index (χ4v) is 6.34. The van der Waals surface area contributed by atoms with Gasteiger partial charge in [-0.3, -0.25) is 19.3 Å². The monoisotopic (exact) mass is 515 g/mol. The molecule has 2 fully saturated rings. The van der Waals surface area contributed by atoms with Crippen molar-refractivity contribution < 1.29 is 14.4 Å². The van der Waals surface area contributed by atoms with Gasteiger partial charge in [0.05, 0.1) is 5.41 Å². The van der Waals surface area contributed by atoms with E-state index in [4.69, 9.17) is 0 Å². The van der Waals surface area contributed by atoms with Crippen LogP contribution in [-0.4, -0.2) is 71.3 Å². The van der Waals surface area contributed by atoms with Crippen LogP contribution in [0.15, 0.2) is 54.0 Å². The first-order valence-electron chi connectivity index (χ1n) is 12.6. The lowest BCUT2D eigenvalue weighted by Gasteiger charge is -2.37. The summed E-state index contributed by atoms with van der Waals surface area (Å²) in [6, 6.07) is 14.1. The minimum absolute atomic E-state index is 0.00267. The molecule has 2 aromatic carbocycles. The second-order valence-corrected chi connectivity index (χ2v) is 11.3. The van der Waals surface area contributed by atoms with E-state index in [0.717, 1.165) is 41.2 Å². The van der Waals surface area contributed by atoms with Gasteiger partial charge in [-0.1, -0.05) is 24.3 Å². The summed E-state index contributed by atoms with van der Waals surface area (Å²) < 4.78 is 0. The molecule has 2 saturated heterocycles. The lowest BCUT2D eigenvalue weighted by atomic mass is 9.81. The topological polar surface area (TPSA) is 85.8 Å². The van der Waals surface area contributed by atoms with Crippen LogP contribution >= 0.6 is 11.3 Å². The molecular formula is C28H29N5O3S. The lowest BCUT2D eigenvalue weighted by Crippen LogP contribution is -2.52. The average molecular weight is 516 g/mol. The van der Waals surface area contributed by atoms with E-state index in [0.29, 0.717) is 31.1 Å². The van der Waals surface area contributed by atoms with Gasteiger partial charge in [0.2, 0.25) is 11.8 Å². The highest BCUT2D eigenvalue weighted by molar-refractivity contribution is 7.11. The third-order valence-corrected chi connectivity index (χ3v) is 8.57. The second kappa shape index (κ2) is 9.08. The predicted molar refractivity (Wildman–Crippen MR) is 144 cm³/mol. The number of aromatic nitrogens is 1. The Bertz CT molecular complexity index is 1380. The summed E-state index contributed by atoms with van der Waals surface area (Å²) >= 11 is 1.37. The van der Waals surface area contributed by atoms with E-state index in [1.807, 2.05) is 65.4 Å². The number of thiazole rings is 1. The van der Waals surface area contributed by atoms with Crippen LogP contribution in [0.1, 0.15) is 35.6 Å². The lowest BCUT2D eigenvalue weighted by molar-refractivity contribution is -0.120. The van der Waals surface area contributed by atoms with Crippen LogP contribution in [0.4, 0.5) is 11.4 Å². The van der Waals surface area contributed by atoms with Crippen molar-refractivity contribution in [3.63, 3.8) is 0 Å². The highest BCUT2D eigenvalue weighted by Crippen LogP contribution is 2.44. The van der Waals surface area contributed by atoms with Crippen LogP contribution in [0, 0.1) is 0 Å². The Morgan fingerprint density at radius 3 is 2.62 bits per heavy atom. The first-order valence-corrected chi connectivity index (χ1v) is 13.5. The van der Waals surface area contributed by atoms with Crippen molar-refractivity contribution in [3.8, 4) is 11.1 Å². The number of rotatable bonds is 4. The van der Waals surface area contributed by atoms with Crippen molar-refractivity contribution >= 4 is 40.4 Å². The normalized spacial score (nSPS) is 21.3. The molecule has 9 heteroatoms. The van der Waals surface area contributed by atoms with Gasteiger partial charge in [-0.15, -0.1) is 11.3 Å². The van der Waals surface area contributed by atoms with Crippen LogP contribution < -0.4 is 10.2 Å². The molecule has 4 heterocycles. The number of anilines is 2. The molecule has 3 aliphatic heterocycles. The number of nitrogens with zero attached hydrogens (tertiary/aromatic N) is 4. The number of amides is 3. The quantitative estimate of drug-likeness (QED) is 0.574. The van der Waals surface area contributed by atoms with E-state index in [9.17, 15) is 14.4 Å². The summed E-state index contributed by atoms with van der Waals surface area (Å²) in [7, 11) is 0. The summed E-state index contributed by atoms with van der Waals surface area (Å²) in [5.74, 6) is 0.0964. The van der Waals surface area contributed by atoms with Crippen LogP contribution in [0.3, 0.4) is 0 Å². The van der Waals surface area contributed by atoms with Crippen molar-refractivity contribution in [2.45, 2.75) is 31.7 Å². The van der Waals surface area contributed by atoms with Crippen molar-refractivity contribution in [1.29, 1.82) is 0 Å². The molecule has 1 unspecified atom stereocenters. The molecule has 6 rings (SSSR count). The van der Waals surface area contributed by atoms with Crippen LogP contribution in [0.2, 0.25) is 0 Å². The van der Waals surface area contributed by atoms with Gasteiger partial charge < -0.3 is 15.1 Å². The largest absolute Gasteiger partial charge is 0.334 e. The highest BCUT2D eigenvalue weighted by atomic mass is 32.1. The fourth-order valence-electron chi connectivity index (χ4n) is 5.74. The van der Waals surface area contributed by atoms with E-state index in [1.165, 1.54) is 11.3 Å². The number of benzene rings is 2. The minimum atomic E-state index is -0.625. The minimum Gasteiger partial charge on any atom is -0.334 e. The third kappa shape index (κ3) is 4.12. The zero-order chi connectivity index (χ0) is 25.7. The molecule has 0 bridgehead atoms. The van der Waals surface area contributed by atoms with E-state index >= 15 is 0 Å². The number of hydrogen-bond acceptors (Lipinski definition) is 6. The summed E-state index contributed by atoms with van der Waals surface area (Å²) in [4.78, 5) is 48.5. The zero-order valence-corrected chi connectivity index (χ0v) is 21.8. The molecule has 190 valence electrons. The molecular weight excluding hydrogens is 486 g/mol. The highest BCUT2D eigenvalue weighted by Gasteiger charge is 2.41. The Morgan fingerprint density at radius 1 is 1.08 bits per heavy atom. The Morgan fingerprint density at radius 2 is 1.86 bits per heavy atom. The van der Waals surface area contributed by atoms with Gasteiger partial charge in [-0.05, 0) is 48.7 Å². The SMILES string of the molecule is CC1(C)C(=O)Nc2cccc(-c3cccc(N4CC(N5CCN(C(=O)c6nccs6)CC5)CC4=O)c3)c21. The maximum atomic E-state index is 13.1. The summed E-state index contributed by atoms with van der Waals surface area (Å²) in [6.45, 7) is 7.28. The summed E-state index contributed by atoms with van der Waals surface area (Å²) in [5, 5.41) is 5.35. The average Bonchev–Trinajstić information content (AvgIpc) is 3.63. The molecule has 37 heavy (non-hydrogen) atoms. The number of piperazine rings is 1.